The fourth-order valence-corrected chi connectivity index (χ4v) is 2.70. The molecule has 17 heavy (non-hydrogen) atoms. The van der Waals surface area contributed by atoms with Crippen LogP contribution in [0.25, 0.3) is 0 Å². The molecule has 3 nitrogen and oxygen atoms in total. The number of nitrogens with one attached hydrogen (secondary N) is 1. The summed E-state index contributed by atoms with van der Waals surface area (Å²) in [7, 11) is 0. The van der Waals surface area contributed by atoms with E-state index in [0.29, 0.717) is 18.9 Å². The maximum Gasteiger partial charge on any atom is 0.166 e. The Hall–Kier alpha value is -1.35. The molecule has 1 aromatic carbocycles. The zero-order valence-electron chi connectivity index (χ0n) is 9.87. The standard InChI is InChI=1S/C14H17NO2/c16-13(8-10-4-6-15-9-10)12-3-1-2-11-5-7-17-14(11)12/h1-3,10,15H,4-9H2. The Morgan fingerprint density at radius 2 is 2.41 bits per heavy atom. The molecule has 2 heterocycles. The molecule has 2 aliphatic heterocycles. The van der Waals surface area contributed by atoms with Crippen LogP contribution in [0, 0.1) is 5.92 Å². The van der Waals surface area contributed by atoms with Gasteiger partial charge in [-0.1, -0.05) is 12.1 Å². The van der Waals surface area contributed by atoms with Gasteiger partial charge in [-0.05, 0) is 37.1 Å². The quantitative estimate of drug-likeness (QED) is 0.806. The Balaban J connectivity index is 1.79. The van der Waals surface area contributed by atoms with Gasteiger partial charge in [0.1, 0.15) is 5.75 Å². The molecule has 0 bridgehead atoms. The van der Waals surface area contributed by atoms with Crippen LogP contribution in [0.2, 0.25) is 0 Å². The van der Waals surface area contributed by atoms with Gasteiger partial charge in [0.2, 0.25) is 0 Å². The number of rotatable bonds is 3. The van der Waals surface area contributed by atoms with Gasteiger partial charge in [-0.2, -0.15) is 0 Å². The molecule has 1 saturated heterocycles. The van der Waals surface area contributed by atoms with E-state index in [1.54, 1.807) is 0 Å². The average Bonchev–Trinajstić information content (AvgIpc) is 2.97. The number of carbonyl (C=O) groups is 1. The van der Waals surface area contributed by atoms with Gasteiger partial charge in [-0.25, -0.2) is 0 Å². The molecule has 3 rings (SSSR count). The zero-order valence-corrected chi connectivity index (χ0v) is 9.87. The Bertz CT molecular complexity index is 436. The van der Waals surface area contributed by atoms with E-state index in [0.717, 1.165) is 37.2 Å². The van der Waals surface area contributed by atoms with Crippen LogP contribution in [0.5, 0.6) is 5.75 Å². The van der Waals surface area contributed by atoms with Crippen molar-refractivity contribution < 1.29 is 9.53 Å². The van der Waals surface area contributed by atoms with Crippen LogP contribution in [-0.2, 0) is 6.42 Å². The number of hydrogen-bond donors (Lipinski definition) is 1. The molecule has 0 aliphatic carbocycles. The van der Waals surface area contributed by atoms with E-state index in [4.69, 9.17) is 4.74 Å². The Labute approximate surface area is 101 Å². The Morgan fingerprint density at radius 1 is 1.47 bits per heavy atom. The third-order valence-corrected chi connectivity index (χ3v) is 3.65. The number of carbonyl (C=O) groups excluding carboxylic acids is 1. The van der Waals surface area contributed by atoms with Crippen molar-refractivity contribution in [1.82, 2.24) is 5.32 Å². The largest absolute Gasteiger partial charge is 0.492 e. The second kappa shape index (κ2) is 4.49. The number of hydrogen-bond acceptors (Lipinski definition) is 3. The summed E-state index contributed by atoms with van der Waals surface area (Å²) in [5.74, 6) is 1.57. The lowest BCUT2D eigenvalue weighted by Crippen LogP contribution is -2.13. The molecular weight excluding hydrogens is 214 g/mol. The highest BCUT2D eigenvalue weighted by Crippen LogP contribution is 2.31. The highest BCUT2D eigenvalue weighted by molar-refractivity contribution is 5.99. The van der Waals surface area contributed by atoms with Crippen LogP contribution < -0.4 is 10.1 Å². The minimum absolute atomic E-state index is 0.234. The molecule has 2 aliphatic rings. The van der Waals surface area contributed by atoms with E-state index >= 15 is 0 Å². The highest BCUT2D eigenvalue weighted by atomic mass is 16.5. The van der Waals surface area contributed by atoms with Crippen molar-refractivity contribution in [1.29, 1.82) is 0 Å². The van der Waals surface area contributed by atoms with Gasteiger partial charge in [-0.15, -0.1) is 0 Å². The van der Waals surface area contributed by atoms with Crippen molar-refractivity contribution in [3.8, 4) is 5.75 Å². The van der Waals surface area contributed by atoms with Gasteiger partial charge >= 0.3 is 0 Å². The topological polar surface area (TPSA) is 38.3 Å². The first-order valence-corrected chi connectivity index (χ1v) is 6.33. The van der Waals surface area contributed by atoms with E-state index in [1.165, 1.54) is 5.56 Å². The first-order chi connectivity index (χ1) is 8.34. The molecule has 1 N–H and O–H groups in total. The predicted molar refractivity (Wildman–Crippen MR) is 65.6 cm³/mol. The molecule has 1 atom stereocenters. The molecule has 1 aromatic rings. The zero-order chi connectivity index (χ0) is 11.7. The highest BCUT2D eigenvalue weighted by Gasteiger charge is 2.24. The van der Waals surface area contributed by atoms with E-state index in [-0.39, 0.29) is 5.78 Å². The number of ketones is 1. The summed E-state index contributed by atoms with van der Waals surface area (Å²) in [5, 5.41) is 3.30. The number of fused-ring (bicyclic) bond motifs is 1. The Morgan fingerprint density at radius 3 is 3.24 bits per heavy atom. The van der Waals surface area contributed by atoms with Crippen molar-refractivity contribution in [2.24, 2.45) is 5.92 Å². The van der Waals surface area contributed by atoms with Crippen molar-refractivity contribution in [3.63, 3.8) is 0 Å². The van der Waals surface area contributed by atoms with Gasteiger partial charge in [0.25, 0.3) is 0 Å². The van der Waals surface area contributed by atoms with Gasteiger partial charge in [0.05, 0.1) is 12.2 Å². The number of ether oxygens (including phenoxy) is 1. The molecule has 0 aromatic heterocycles. The lowest BCUT2D eigenvalue weighted by Gasteiger charge is -2.10. The van der Waals surface area contributed by atoms with Gasteiger partial charge < -0.3 is 10.1 Å². The fourth-order valence-electron chi connectivity index (χ4n) is 2.70. The van der Waals surface area contributed by atoms with Crippen LogP contribution in [0.1, 0.15) is 28.8 Å². The van der Waals surface area contributed by atoms with Crippen molar-refractivity contribution >= 4 is 5.78 Å². The third kappa shape index (κ3) is 2.07. The van der Waals surface area contributed by atoms with Crippen molar-refractivity contribution in [2.45, 2.75) is 19.3 Å². The van der Waals surface area contributed by atoms with Crippen LogP contribution in [0.4, 0.5) is 0 Å². The lowest BCUT2D eigenvalue weighted by molar-refractivity contribution is 0.0961. The van der Waals surface area contributed by atoms with Crippen LogP contribution in [0.15, 0.2) is 18.2 Å². The van der Waals surface area contributed by atoms with Crippen LogP contribution in [0.3, 0.4) is 0 Å². The second-order valence-electron chi connectivity index (χ2n) is 4.88. The van der Waals surface area contributed by atoms with E-state index in [1.807, 2.05) is 12.1 Å². The predicted octanol–water partition coefficient (Wildman–Crippen LogP) is 1.80. The average molecular weight is 231 g/mol. The lowest BCUT2D eigenvalue weighted by atomic mass is 9.96. The monoisotopic (exact) mass is 231 g/mol. The minimum Gasteiger partial charge on any atom is -0.492 e. The summed E-state index contributed by atoms with van der Waals surface area (Å²) in [5.41, 5.74) is 1.97. The van der Waals surface area contributed by atoms with E-state index in [9.17, 15) is 4.79 Å². The summed E-state index contributed by atoms with van der Waals surface area (Å²) in [4.78, 5) is 12.3. The van der Waals surface area contributed by atoms with Crippen molar-refractivity contribution in [3.05, 3.63) is 29.3 Å². The third-order valence-electron chi connectivity index (χ3n) is 3.65. The molecule has 3 heteroatoms. The summed E-state index contributed by atoms with van der Waals surface area (Å²) in [6.45, 7) is 2.73. The van der Waals surface area contributed by atoms with Crippen molar-refractivity contribution in [2.75, 3.05) is 19.7 Å². The first kappa shape index (κ1) is 10.8. The summed E-state index contributed by atoms with van der Waals surface area (Å²) in [6.07, 6.45) is 2.69. The Kier molecular flexibility index (Phi) is 2.85. The summed E-state index contributed by atoms with van der Waals surface area (Å²) < 4.78 is 5.58. The summed E-state index contributed by atoms with van der Waals surface area (Å²) in [6, 6.07) is 5.92. The first-order valence-electron chi connectivity index (χ1n) is 6.33. The maximum absolute atomic E-state index is 12.3. The van der Waals surface area contributed by atoms with E-state index in [2.05, 4.69) is 11.4 Å². The fraction of sp³-hybridized carbons (Fsp3) is 0.500. The maximum atomic E-state index is 12.3. The number of benzene rings is 1. The smallest absolute Gasteiger partial charge is 0.166 e. The van der Waals surface area contributed by atoms with Gasteiger partial charge in [0.15, 0.2) is 5.78 Å². The number of Topliss-reactive ketones (excluding diaryl/α,β-unsaturated/α-hetero) is 1. The van der Waals surface area contributed by atoms with E-state index < -0.39 is 0 Å². The molecule has 0 saturated carbocycles. The van der Waals surface area contributed by atoms with Gasteiger partial charge in [0, 0.05) is 12.8 Å². The SMILES string of the molecule is O=C(CC1CCNC1)c1cccc2c1OCC2. The molecule has 0 spiro atoms. The molecular formula is C14H17NO2. The van der Waals surface area contributed by atoms with Gasteiger partial charge in [-0.3, -0.25) is 4.79 Å². The summed E-state index contributed by atoms with van der Waals surface area (Å²) >= 11 is 0. The molecule has 1 fully saturated rings. The second-order valence-corrected chi connectivity index (χ2v) is 4.88. The normalized spacial score (nSPS) is 22.2. The molecule has 90 valence electrons. The minimum atomic E-state index is 0.234. The molecule has 0 radical (unpaired) electrons. The molecule has 1 unspecified atom stereocenters. The van der Waals surface area contributed by atoms with Crippen LogP contribution >= 0.6 is 0 Å². The number of para-hydroxylation sites is 1. The van der Waals surface area contributed by atoms with Crippen LogP contribution in [-0.4, -0.2) is 25.5 Å². The molecule has 0 amide bonds.